The Labute approximate surface area is 97.8 Å². The number of pyridine rings is 1. The fourth-order valence-corrected chi connectivity index (χ4v) is 2.06. The highest BCUT2D eigenvalue weighted by Crippen LogP contribution is 2.26. The van der Waals surface area contributed by atoms with Gasteiger partial charge in [0, 0.05) is 5.39 Å². The summed E-state index contributed by atoms with van der Waals surface area (Å²) in [7, 11) is 1.65. The van der Waals surface area contributed by atoms with Crippen molar-refractivity contribution in [1.82, 2.24) is 14.6 Å². The zero-order valence-electron chi connectivity index (χ0n) is 9.42. The summed E-state index contributed by atoms with van der Waals surface area (Å²) in [6, 6.07) is 9.83. The van der Waals surface area contributed by atoms with E-state index in [1.165, 1.54) is 0 Å². The Bertz CT molecular complexity index is 689. The number of methoxy groups -OCH3 is 1. The molecular weight excluding hydrogens is 216 g/mol. The molecule has 2 N–H and O–H groups in total. The molecule has 3 rings (SSSR count). The summed E-state index contributed by atoms with van der Waals surface area (Å²) in [5.74, 6) is 1.53. The van der Waals surface area contributed by atoms with E-state index in [-0.39, 0.29) is 0 Å². The molecule has 0 aliphatic heterocycles. The van der Waals surface area contributed by atoms with Crippen molar-refractivity contribution in [2.24, 2.45) is 5.73 Å². The molecule has 2 heterocycles. The third kappa shape index (κ3) is 1.36. The summed E-state index contributed by atoms with van der Waals surface area (Å²) in [4.78, 5) is 0. The van der Waals surface area contributed by atoms with Gasteiger partial charge in [-0.3, -0.25) is 4.40 Å². The average molecular weight is 228 g/mol. The standard InChI is InChI=1S/C12H12N4O/c1-17-9-4-2-3-8-5-6-10-14-15-11(7-13)16(10)12(8)9/h2-6H,7,13H2,1H3. The Hall–Kier alpha value is -2.14. The number of fused-ring (bicyclic) bond motifs is 3. The minimum atomic E-state index is 0.346. The van der Waals surface area contributed by atoms with Crippen LogP contribution in [0.2, 0.25) is 0 Å². The summed E-state index contributed by atoms with van der Waals surface area (Å²) < 4.78 is 7.33. The van der Waals surface area contributed by atoms with Gasteiger partial charge >= 0.3 is 0 Å². The van der Waals surface area contributed by atoms with Crippen molar-refractivity contribution in [1.29, 1.82) is 0 Å². The van der Waals surface area contributed by atoms with Crippen LogP contribution in [-0.2, 0) is 6.54 Å². The first kappa shape index (κ1) is 10.0. The number of ether oxygens (including phenoxy) is 1. The Kier molecular flexibility index (Phi) is 2.19. The van der Waals surface area contributed by atoms with Gasteiger partial charge in [-0.15, -0.1) is 10.2 Å². The molecule has 0 saturated carbocycles. The van der Waals surface area contributed by atoms with Crippen LogP contribution in [0.4, 0.5) is 0 Å². The first-order valence-corrected chi connectivity index (χ1v) is 5.35. The smallest absolute Gasteiger partial charge is 0.161 e. The molecule has 0 fully saturated rings. The van der Waals surface area contributed by atoms with E-state index < -0.39 is 0 Å². The van der Waals surface area contributed by atoms with E-state index in [9.17, 15) is 0 Å². The van der Waals surface area contributed by atoms with Gasteiger partial charge in [0.05, 0.1) is 19.2 Å². The Balaban J connectivity index is 2.55. The number of hydrogen-bond acceptors (Lipinski definition) is 4. The van der Waals surface area contributed by atoms with Crippen LogP contribution in [0.15, 0.2) is 30.3 Å². The zero-order chi connectivity index (χ0) is 11.8. The van der Waals surface area contributed by atoms with E-state index in [0.29, 0.717) is 6.54 Å². The van der Waals surface area contributed by atoms with Crippen LogP contribution < -0.4 is 10.5 Å². The van der Waals surface area contributed by atoms with Gasteiger partial charge in [-0.1, -0.05) is 12.1 Å². The summed E-state index contributed by atoms with van der Waals surface area (Å²) in [5.41, 5.74) is 7.42. The molecule has 0 amide bonds. The van der Waals surface area contributed by atoms with Gasteiger partial charge in [0.15, 0.2) is 11.5 Å². The highest BCUT2D eigenvalue weighted by molar-refractivity contribution is 5.87. The van der Waals surface area contributed by atoms with Gasteiger partial charge < -0.3 is 10.5 Å². The van der Waals surface area contributed by atoms with Crippen LogP contribution in [0.5, 0.6) is 5.75 Å². The maximum Gasteiger partial charge on any atom is 0.161 e. The normalized spacial score (nSPS) is 11.2. The van der Waals surface area contributed by atoms with Crippen LogP contribution in [0.25, 0.3) is 16.6 Å². The van der Waals surface area contributed by atoms with E-state index in [4.69, 9.17) is 10.5 Å². The van der Waals surface area contributed by atoms with Gasteiger partial charge in [-0.25, -0.2) is 0 Å². The van der Waals surface area contributed by atoms with Crippen molar-refractivity contribution >= 4 is 16.6 Å². The lowest BCUT2D eigenvalue weighted by Gasteiger charge is -2.08. The predicted octanol–water partition coefficient (Wildman–Crippen LogP) is 1.35. The molecule has 0 atom stereocenters. The summed E-state index contributed by atoms with van der Waals surface area (Å²) in [6.45, 7) is 0.346. The van der Waals surface area contributed by atoms with E-state index in [0.717, 1.165) is 28.1 Å². The third-order valence-electron chi connectivity index (χ3n) is 2.82. The van der Waals surface area contributed by atoms with Crippen LogP contribution >= 0.6 is 0 Å². The topological polar surface area (TPSA) is 65.4 Å². The van der Waals surface area contributed by atoms with Crippen LogP contribution in [0, 0.1) is 0 Å². The molecule has 5 nitrogen and oxygen atoms in total. The monoisotopic (exact) mass is 228 g/mol. The Morgan fingerprint density at radius 3 is 2.88 bits per heavy atom. The SMILES string of the molecule is COc1cccc2ccc3nnc(CN)n3c12. The number of benzene rings is 1. The van der Waals surface area contributed by atoms with Crippen molar-refractivity contribution < 1.29 is 4.74 Å². The average Bonchev–Trinajstić information content (AvgIpc) is 2.81. The molecule has 17 heavy (non-hydrogen) atoms. The molecule has 3 aromatic rings. The van der Waals surface area contributed by atoms with Crippen LogP contribution in [-0.4, -0.2) is 21.7 Å². The lowest BCUT2D eigenvalue weighted by molar-refractivity contribution is 0.418. The summed E-state index contributed by atoms with van der Waals surface area (Å²) in [6.07, 6.45) is 0. The molecule has 2 aromatic heterocycles. The van der Waals surface area contributed by atoms with E-state index in [1.807, 2.05) is 34.7 Å². The molecule has 1 aromatic carbocycles. The molecule has 0 spiro atoms. The first-order chi connectivity index (χ1) is 8.35. The van der Waals surface area contributed by atoms with Crippen molar-refractivity contribution in [2.75, 3.05) is 7.11 Å². The fraction of sp³-hybridized carbons (Fsp3) is 0.167. The van der Waals surface area contributed by atoms with Crippen LogP contribution in [0.3, 0.4) is 0 Å². The van der Waals surface area contributed by atoms with Gasteiger partial charge in [0.2, 0.25) is 0 Å². The molecular formula is C12H12N4O. The van der Waals surface area contributed by atoms with Gasteiger partial charge in [0.1, 0.15) is 5.75 Å². The molecule has 0 unspecified atom stereocenters. The van der Waals surface area contributed by atoms with Gasteiger partial charge in [-0.05, 0) is 18.2 Å². The van der Waals surface area contributed by atoms with E-state index in [2.05, 4.69) is 10.2 Å². The highest BCUT2D eigenvalue weighted by atomic mass is 16.5. The number of hydrogen-bond donors (Lipinski definition) is 1. The predicted molar refractivity (Wildman–Crippen MR) is 64.9 cm³/mol. The number of nitrogens with two attached hydrogens (primary N) is 1. The molecule has 5 heteroatoms. The molecule has 0 radical (unpaired) electrons. The third-order valence-corrected chi connectivity index (χ3v) is 2.82. The quantitative estimate of drug-likeness (QED) is 0.719. The second-order valence-corrected chi connectivity index (χ2v) is 3.75. The number of rotatable bonds is 2. The molecule has 0 saturated heterocycles. The summed E-state index contributed by atoms with van der Waals surface area (Å²) >= 11 is 0. The molecule has 0 aliphatic rings. The molecule has 0 bridgehead atoms. The molecule has 0 aliphatic carbocycles. The minimum absolute atomic E-state index is 0.346. The number of para-hydroxylation sites is 1. The Morgan fingerprint density at radius 2 is 2.12 bits per heavy atom. The fourth-order valence-electron chi connectivity index (χ4n) is 2.06. The molecule has 86 valence electrons. The minimum Gasteiger partial charge on any atom is -0.495 e. The second-order valence-electron chi connectivity index (χ2n) is 3.75. The maximum atomic E-state index is 5.68. The highest BCUT2D eigenvalue weighted by Gasteiger charge is 2.10. The maximum absolute atomic E-state index is 5.68. The first-order valence-electron chi connectivity index (χ1n) is 5.35. The van der Waals surface area contributed by atoms with Crippen molar-refractivity contribution in [3.8, 4) is 5.75 Å². The van der Waals surface area contributed by atoms with E-state index >= 15 is 0 Å². The summed E-state index contributed by atoms with van der Waals surface area (Å²) in [5, 5.41) is 9.24. The lowest BCUT2D eigenvalue weighted by atomic mass is 10.2. The Morgan fingerprint density at radius 1 is 1.24 bits per heavy atom. The largest absolute Gasteiger partial charge is 0.495 e. The van der Waals surface area contributed by atoms with E-state index in [1.54, 1.807) is 7.11 Å². The van der Waals surface area contributed by atoms with Gasteiger partial charge in [0.25, 0.3) is 0 Å². The van der Waals surface area contributed by atoms with Crippen molar-refractivity contribution in [3.05, 3.63) is 36.2 Å². The zero-order valence-corrected chi connectivity index (χ0v) is 9.42. The number of nitrogens with zero attached hydrogens (tertiary/aromatic N) is 3. The van der Waals surface area contributed by atoms with Gasteiger partial charge in [-0.2, -0.15) is 0 Å². The van der Waals surface area contributed by atoms with Crippen LogP contribution in [0.1, 0.15) is 5.82 Å². The second kappa shape index (κ2) is 3.71. The van der Waals surface area contributed by atoms with Crippen molar-refractivity contribution in [3.63, 3.8) is 0 Å². The van der Waals surface area contributed by atoms with Crippen molar-refractivity contribution in [2.45, 2.75) is 6.54 Å². The lowest BCUT2D eigenvalue weighted by Crippen LogP contribution is -2.04. The number of aromatic nitrogens is 3.